The van der Waals surface area contributed by atoms with Gasteiger partial charge in [-0.1, -0.05) is 20.3 Å². The first-order valence-electron chi connectivity index (χ1n) is 6.64. The van der Waals surface area contributed by atoms with Crippen molar-refractivity contribution < 1.29 is 4.79 Å². The monoisotopic (exact) mass is 252 g/mol. The number of carbonyl (C=O) groups is 1. The summed E-state index contributed by atoms with van der Waals surface area (Å²) in [6.07, 6.45) is 3.01. The number of nitrogens with zero attached hydrogens (tertiary/aromatic N) is 2. The van der Waals surface area contributed by atoms with Gasteiger partial charge in [-0.2, -0.15) is 5.10 Å². The fraction of sp³-hybridized carbons (Fsp3) is 0.692. The highest BCUT2D eigenvalue weighted by Gasteiger charge is 2.24. The molecule has 3 N–H and O–H groups in total. The second-order valence-corrected chi connectivity index (χ2v) is 4.72. The van der Waals surface area contributed by atoms with Crippen molar-refractivity contribution in [2.24, 2.45) is 0 Å². The third-order valence-corrected chi connectivity index (χ3v) is 3.33. The average Bonchev–Trinajstić information content (AvgIpc) is 2.68. The summed E-state index contributed by atoms with van der Waals surface area (Å²) in [5.74, 6) is 0.281. The van der Waals surface area contributed by atoms with Gasteiger partial charge in [-0.25, -0.2) is 0 Å². The van der Waals surface area contributed by atoms with Crippen LogP contribution in [-0.4, -0.2) is 33.6 Å². The molecular weight excluding hydrogens is 228 g/mol. The molecule has 0 aliphatic carbocycles. The molecule has 0 aliphatic rings. The van der Waals surface area contributed by atoms with Crippen LogP contribution in [0.1, 0.15) is 56.1 Å². The molecule has 0 bridgehead atoms. The van der Waals surface area contributed by atoms with Gasteiger partial charge in [0.05, 0.1) is 0 Å². The summed E-state index contributed by atoms with van der Waals surface area (Å²) in [4.78, 5) is 14.4. The molecule has 5 nitrogen and oxygen atoms in total. The maximum atomic E-state index is 12.5. The second kappa shape index (κ2) is 6.42. The molecule has 1 amide bonds. The van der Waals surface area contributed by atoms with Crippen molar-refractivity contribution in [3.05, 3.63) is 11.3 Å². The van der Waals surface area contributed by atoms with Gasteiger partial charge in [-0.15, -0.1) is 0 Å². The predicted molar refractivity (Wildman–Crippen MR) is 73.4 cm³/mol. The molecule has 0 saturated carbocycles. The highest BCUT2D eigenvalue weighted by Crippen LogP contribution is 2.18. The molecule has 1 atom stereocenters. The summed E-state index contributed by atoms with van der Waals surface area (Å²) >= 11 is 0. The van der Waals surface area contributed by atoms with E-state index in [2.05, 4.69) is 31.0 Å². The quantitative estimate of drug-likeness (QED) is 0.816. The number of hydrogen-bond donors (Lipinski definition) is 2. The zero-order valence-electron chi connectivity index (χ0n) is 11.8. The summed E-state index contributed by atoms with van der Waals surface area (Å²) < 4.78 is 0. The Morgan fingerprint density at radius 1 is 1.50 bits per heavy atom. The average molecular weight is 252 g/mol. The van der Waals surface area contributed by atoms with Crippen molar-refractivity contribution in [3.63, 3.8) is 0 Å². The number of hydrogen-bond acceptors (Lipinski definition) is 3. The molecule has 0 fully saturated rings. The van der Waals surface area contributed by atoms with Crippen LogP contribution in [0.25, 0.3) is 0 Å². The number of carbonyl (C=O) groups excluding carboxylic acids is 1. The highest BCUT2D eigenvalue weighted by molar-refractivity contribution is 5.99. The number of nitrogen functional groups attached to an aromatic ring is 1. The van der Waals surface area contributed by atoms with Gasteiger partial charge in [-0.05, 0) is 26.7 Å². The van der Waals surface area contributed by atoms with Gasteiger partial charge in [0.1, 0.15) is 5.56 Å². The van der Waals surface area contributed by atoms with E-state index in [0.717, 1.165) is 31.5 Å². The first-order chi connectivity index (χ1) is 8.52. The Morgan fingerprint density at radius 2 is 2.17 bits per heavy atom. The number of aromatic nitrogens is 2. The largest absolute Gasteiger partial charge is 0.382 e. The van der Waals surface area contributed by atoms with E-state index in [1.807, 2.05) is 11.8 Å². The molecule has 0 aromatic carbocycles. The molecule has 1 heterocycles. The van der Waals surface area contributed by atoms with E-state index in [0.29, 0.717) is 11.4 Å². The number of unbranched alkanes of at least 4 members (excludes halogenated alkanes) is 1. The molecule has 102 valence electrons. The maximum absolute atomic E-state index is 12.5. The lowest BCUT2D eigenvalue weighted by Crippen LogP contribution is -2.39. The lowest BCUT2D eigenvalue weighted by molar-refractivity contribution is 0.0685. The first kappa shape index (κ1) is 14.5. The van der Waals surface area contributed by atoms with E-state index in [1.54, 1.807) is 0 Å². The molecule has 0 saturated heterocycles. The number of rotatable bonds is 6. The first-order valence-corrected chi connectivity index (χ1v) is 6.64. The number of nitrogens with one attached hydrogen (secondary N) is 1. The van der Waals surface area contributed by atoms with Gasteiger partial charge in [-0.3, -0.25) is 9.89 Å². The van der Waals surface area contributed by atoms with Crippen LogP contribution < -0.4 is 5.73 Å². The zero-order chi connectivity index (χ0) is 13.7. The van der Waals surface area contributed by atoms with E-state index in [-0.39, 0.29) is 11.9 Å². The lowest BCUT2D eigenvalue weighted by atomic mass is 10.1. The van der Waals surface area contributed by atoms with Crippen molar-refractivity contribution >= 4 is 11.7 Å². The van der Waals surface area contributed by atoms with Crippen LogP contribution in [0, 0.1) is 6.92 Å². The summed E-state index contributed by atoms with van der Waals surface area (Å²) in [7, 11) is 0. The minimum Gasteiger partial charge on any atom is -0.382 e. The Bertz CT molecular complexity index is 380. The zero-order valence-corrected chi connectivity index (χ0v) is 11.8. The molecule has 1 aromatic rings. The molecule has 0 aliphatic heterocycles. The molecule has 5 heteroatoms. The third kappa shape index (κ3) is 3.03. The van der Waals surface area contributed by atoms with Gasteiger partial charge in [0.15, 0.2) is 5.82 Å². The number of anilines is 1. The third-order valence-electron chi connectivity index (χ3n) is 3.33. The van der Waals surface area contributed by atoms with Gasteiger partial charge in [0.2, 0.25) is 0 Å². The summed E-state index contributed by atoms with van der Waals surface area (Å²) in [5, 5.41) is 6.65. The van der Waals surface area contributed by atoms with Crippen LogP contribution in [0.15, 0.2) is 0 Å². The van der Waals surface area contributed by atoms with Crippen molar-refractivity contribution in [3.8, 4) is 0 Å². The van der Waals surface area contributed by atoms with Crippen LogP contribution in [0.5, 0.6) is 0 Å². The van der Waals surface area contributed by atoms with Crippen molar-refractivity contribution in [2.75, 3.05) is 12.3 Å². The molecule has 1 aromatic heterocycles. The van der Waals surface area contributed by atoms with E-state index in [9.17, 15) is 4.79 Å². The van der Waals surface area contributed by atoms with Gasteiger partial charge < -0.3 is 10.6 Å². The lowest BCUT2D eigenvalue weighted by Gasteiger charge is -2.28. The summed E-state index contributed by atoms with van der Waals surface area (Å²) in [6, 6.07) is 0.220. The topological polar surface area (TPSA) is 75.0 Å². The second-order valence-electron chi connectivity index (χ2n) is 4.72. The Labute approximate surface area is 109 Å². The summed E-state index contributed by atoms with van der Waals surface area (Å²) in [5.41, 5.74) is 7.02. The Balaban J connectivity index is 2.95. The molecule has 1 unspecified atom stereocenters. The number of aromatic amines is 1. The standard InChI is InChI=1S/C13H24N4O/c1-5-7-8-17(9(3)6-2)13(18)11-10(4)15-16-12(11)14/h9H,5-8H2,1-4H3,(H3,14,15,16). The van der Waals surface area contributed by atoms with Crippen molar-refractivity contribution in [1.29, 1.82) is 0 Å². The van der Waals surface area contributed by atoms with Crippen LogP contribution in [0.3, 0.4) is 0 Å². The Morgan fingerprint density at radius 3 is 2.61 bits per heavy atom. The highest BCUT2D eigenvalue weighted by atomic mass is 16.2. The van der Waals surface area contributed by atoms with E-state index < -0.39 is 0 Å². The minimum atomic E-state index is -0.0125. The number of amides is 1. The minimum absolute atomic E-state index is 0.0125. The van der Waals surface area contributed by atoms with Gasteiger partial charge in [0.25, 0.3) is 5.91 Å². The normalized spacial score (nSPS) is 12.4. The molecule has 0 radical (unpaired) electrons. The van der Waals surface area contributed by atoms with E-state index in [1.165, 1.54) is 0 Å². The van der Waals surface area contributed by atoms with Crippen LogP contribution in [0.2, 0.25) is 0 Å². The van der Waals surface area contributed by atoms with Crippen LogP contribution >= 0.6 is 0 Å². The van der Waals surface area contributed by atoms with Gasteiger partial charge in [0, 0.05) is 18.3 Å². The number of aryl methyl sites for hydroxylation is 1. The Hall–Kier alpha value is -1.52. The smallest absolute Gasteiger partial charge is 0.259 e. The molecule has 18 heavy (non-hydrogen) atoms. The van der Waals surface area contributed by atoms with E-state index in [4.69, 9.17) is 5.73 Å². The van der Waals surface area contributed by atoms with Crippen LogP contribution in [0.4, 0.5) is 5.82 Å². The predicted octanol–water partition coefficient (Wildman–Crippen LogP) is 2.34. The fourth-order valence-electron chi connectivity index (χ4n) is 1.93. The molecular formula is C13H24N4O. The molecule has 1 rings (SSSR count). The maximum Gasteiger partial charge on any atom is 0.259 e. The number of nitrogens with two attached hydrogens (primary N) is 1. The van der Waals surface area contributed by atoms with Crippen molar-refractivity contribution in [2.45, 2.75) is 53.0 Å². The van der Waals surface area contributed by atoms with Gasteiger partial charge >= 0.3 is 0 Å². The van der Waals surface area contributed by atoms with E-state index >= 15 is 0 Å². The molecule has 0 spiro atoms. The fourth-order valence-corrected chi connectivity index (χ4v) is 1.93. The SMILES string of the molecule is CCCCN(C(=O)c1c(N)n[nH]c1C)C(C)CC. The Kier molecular flexibility index (Phi) is 5.19. The van der Waals surface area contributed by atoms with Crippen molar-refractivity contribution in [1.82, 2.24) is 15.1 Å². The summed E-state index contributed by atoms with van der Waals surface area (Å²) in [6.45, 7) is 8.87. The van der Waals surface area contributed by atoms with Crippen LogP contribution in [-0.2, 0) is 0 Å². The number of H-pyrrole nitrogens is 1.